The van der Waals surface area contributed by atoms with E-state index in [1.807, 2.05) is 0 Å². The number of nitrogens with one attached hydrogen (secondary N) is 2. The molecule has 1 aliphatic carbocycles. The van der Waals surface area contributed by atoms with Crippen LogP contribution in [-0.2, 0) is 0 Å². The summed E-state index contributed by atoms with van der Waals surface area (Å²) in [7, 11) is 0. The zero-order valence-electron chi connectivity index (χ0n) is 17.4. The second-order valence-electron chi connectivity index (χ2n) is 8.65. The summed E-state index contributed by atoms with van der Waals surface area (Å²) in [5, 5.41) is 7.09. The fourth-order valence-corrected chi connectivity index (χ4v) is 4.72. The monoisotopic (exact) mass is 383 g/mol. The Morgan fingerprint density at radius 3 is 2.57 bits per heavy atom. The van der Waals surface area contributed by atoms with Crippen molar-refractivity contribution in [3.63, 3.8) is 0 Å². The van der Waals surface area contributed by atoms with Crippen molar-refractivity contribution in [1.82, 2.24) is 20.4 Å². The van der Waals surface area contributed by atoms with Gasteiger partial charge in [-0.05, 0) is 70.1 Å². The van der Waals surface area contributed by atoms with Crippen molar-refractivity contribution in [2.75, 3.05) is 45.8 Å². The molecule has 2 atom stereocenters. The molecule has 4 rings (SSSR count). The molecule has 1 aromatic carbocycles. The number of benzene rings is 1. The van der Waals surface area contributed by atoms with E-state index < -0.39 is 0 Å². The molecule has 28 heavy (non-hydrogen) atoms. The SMILES string of the molecule is CCNC(=NCC(c1ccccc1)N1CCCC1)NCC1CCN(C2CC2)C1. The Bertz CT molecular complexity index is 621. The van der Waals surface area contributed by atoms with E-state index >= 15 is 0 Å². The van der Waals surface area contributed by atoms with Gasteiger partial charge in [0.05, 0.1) is 12.6 Å². The van der Waals surface area contributed by atoms with Crippen LogP contribution in [0, 0.1) is 5.92 Å². The lowest BCUT2D eigenvalue weighted by molar-refractivity contribution is 0.251. The normalized spacial score (nSPS) is 25.2. The lowest BCUT2D eigenvalue weighted by Crippen LogP contribution is -2.41. The Labute approximate surface area is 170 Å². The molecule has 5 heteroatoms. The number of aliphatic imine (C=N–C) groups is 1. The van der Waals surface area contributed by atoms with Gasteiger partial charge in [0, 0.05) is 25.7 Å². The van der Waals surface area contributed by atoms with Gasteiger partial charge in [-0.15, -0.1) is 0 Å². The van der Waals surface area contributed by atoms with Gasteiger partial charge in [0.2, 0.25) is 0 Å². The highest BCUT2D eigenvalue weighted by Gasteiger charge is 2.34. The fourth-order valence-electron chi connectivity index (χ4n) is 4.72. The minimum atomic E-state index is 0.385. The summed E-state index contributed by atoms with van der Waals surface area (Å²) in [6.07, 6.45) is 6.78. The molecule has 0 amide bonds. The van der Waals surface area contributed by atoms with Gasteiger partial charge in [-0.25, -0.2) is 0 Å². The molecule has 1 saturated carbocycles. The maximum Gasteiger partial charge on any atom is 0.191 e. The molecule has 3 fully saturated rings. The molecule has 154 valence electrons. The van der Waals surface area contributed by atoms with Gasteiger partial charge in [-0.3, -0.25) is 9.89 Å². The maximum absolute atomic E-state index is 5.00. The summed E-state index contributed by atoms with van der Waals surface area (Å²) < 4.78 is 0. The number of nitrogens with zero attached hydrogens (tertiary/aromatic N) is 3. The van der Waals surface area contributed by atoms with Crippen molar-refractivity contribution in [2.24, 2.45) is 10.9 Å². The predicted molar refractivity (Wildman–Crippen MR) is 117 cm³/mol. The molecule has 0 aromatic heterocycles. The predicted octanol–water partition coefficient (Wildman–Crippen LogP) is 2.86. The first-order valence-electron chi connectivity index (χ1n) is 11.4. The largest absolute Gasteiger partial charge is 0.357 e. The summed E-state index contributed by atoms with van der Waals surface area (Å²) in [6.45, 7) is 9.84. The van der Waals surface area contributed by atoms with Gasteiger partial charge in [-0.2, -0.15) is 0 Å². The average molecular weight is 384 g/mol. The Hall–Kier alpha value is -1.59. The topological polar surface area (TPSA) is 42.9 Å². The molecule has 0 spiro atoms. The van der Waals surface area contributed by atoms with E-state index in [1.165, 1.54) is 63.8 Å². The molecular weight excluding hydrogens is 346 g/mol. The van der Waals surface area contributed by atoms with E-state index in [2.05, 4.69) is 57.7 Å². The minimum Gasteiger partial charge on any atom is -0.357 e. The van der Waals surface area contributed by atoms with Gasteiger partial charge >= 0.3 is 0 Å². The molecule has 2 unspecified atom stereocenters. The van der Waals surface area contributed by atoms with E-state index in [1.54, 1.807) is 0 Å². The van der Waals surface area contributed by atoms with Crippen LogP contribution in [0.15, 0.2) is 35.3 Å². The van der Waals surface area contributed by atoms with Gasteiger partial charge in [0.1, 0.15) is 0 Å². The van der Waals surface area contributed by atoms with Crippen molar-refractivity contribution in [2.45, 2.75) is 51.1 Å². The minimum absolute atomic E-state index is 0.385. The van der Waals surface area contributed by atoms with Gasteiger partial charge < -0.3 is 15.5 Å². The molecule has 1 aromatic rings. The summed E-state index contributed by atoms with van der Waals surface area (Å²) in [5.74, 6) is 1.74. The third-order valence-corrected chi connectivity index (χ3v) is 6.47. The first-order valence-corrected chi connectivity index (χ1v) is 11.4. The van der Waals surface area contributed by atoms with Crippen LogP contribution in [0.3, 0.4) is 0 Å². The average Bonchev–Trinajstić information content (AvgIpc) is 3.23. The van der Waals surface area contributed by atoms with E-state index in [-0.39, 0.29) is 0 Å². The molecule has 0 bridgehead atoms. The summed E-state index contributed by atoms with van der Waals surface area (Å²) in [4.78, 5) is 10.3. The second kappa shape index (κ2) is 9.75. The van der Waals surface area contributed by atoms with Crippen molar-refractivity contribution in [3.8, 4) is 0 Å². The van der Waals surface area contributed by atoms with Gasteiger partial charge in [0.15, 0.2) is 5.96 Å². The van der Waals surface area contributed by atoms with E-state index in [4.69, 9.17) is 4.99 Å². The fraction of sp³-hybridized carbons (Fsp3) is 0.696. The third-order valence-electron chi connectivity index (χ3n) is 6.47. The molecule has 5 nitrogen and oxygen atoms in total. The van der Waals surface area contributed by atoms with E-state index in [0.29, 0.717) is 6.04 Å². The maximum atomic E-state index is 5.00. The lowest BCUT2D eigenvalue weighted by Gasteiger charge is -2.27. The van der Waals surface area contributed by atoms with Gasteiger partial charge in [0.25, 0.3) is 0 Å². The number of hydrogen-bond donors (Lipinski definition) is 2. The number of hydrogen-bond acceptors (Lipinski definition) is 3. The van der Waals surface area contributed by atoms with Crippen molar-refractivity contribution in [3.05, 3.63) is 35.9 Å². The summed E-state index contributed by atoms with van der Waals surface area (Å²) in [5.41, 5.74) is 1.39. The van der Waals surface area contributed by atoms with Crippen LogP contribution in [0.5, 0.6) is 0 Å². The Morgan fingerprint density at radius 1 is 1.07 bits per heavy atom. The first-order chi connectivity index (χ1) is 13.8. The van der Waals surface area contributed by atoms with Crippen LogP contribution in [0.2, 0.25) is 0 Å². The van der Waals surface area contributed by atoms with Crippen LogP contribution in [0.4, 0.5) is 0 Å². The lowest BCUT2D eigenvalue weighted by atomic mass is 10.1. The van der Waals surface area contributed by atoms with Crippen molar-refractivity contribution in [1.29, 1.82) is 0 Å². The number of guanidine groups is 1. The molecule has 3 aliphatic rings. The highest BCUT2D eigenvalue weighted by Crippen LogP contribution is 2.31. The second-order valence-corrected chi connectivity index (χ2v) is 8.65. The smallest absolute Gasteiger partial charge is 0.191 e. The zero-order valence-corrected chi connectivity index (χ0v) is 17.4. The van der Waals surface area contributed by atoms with E-state index in [9.17, 15) is 0 Å². The Morgan fingerprint density at radius 2 is 1.86 bits per heavy atom. The quantitative estimate of drug-likeness (QED) is 0.535. The standard InChI is InChI=1S/C23H37N5/c1-2-24-23(25-16-19-12-15-28(18-19)21-10-11-21)26-17-22(27-13-6-7-14-27)20-8-4-3-5-9-20/h3-5,8-9,19,21-22H,2,6-7,10-18H2,1H3,(H2,24,25,26). The Balaban J connectivity index is 1.35. The van der Waals surface area contributed by atoms with Crippen LogP contribution >= 0.6 is 0 Å². The van der Waals surface area contributed by atoms with Crippen LogP contribution in [-0.4, -0.2) is 67.6 Å². The Kier molecular flexibility index (Phi) is 6.86. The zero-order chi connectivity index (χ0) is 19.2. The molecular formula is C23H37N5. The summed E-state index contributed by atoms with van der Waals surface area (Å²) >= 11 is 0. The highest BCUT2D eigenvalue weighted by atomic mass is 15.2. The van der Waals surface area contributed by atoms with Crippen LogP contribution < -0.4 is 10.6 Å². The molecule has 0 radical (unpaired) electrons. The summed E-state index contributed by atoms with van der Waals surface area (Å²) in [6, 6.07) is 12.2. The van der Waals surface area contributed by atoms with Crippen molar-refractivity contribution < 1.29 is 0 Å². The number of rotatable bonds is 8. The molecule has 2 saturated heterocycles. The number of likely N-dealkylation sites (tertiary alicyclic amines) is 2. The molecule has 2 aliphatic heterocycles. The highest BCUT2D eigenvalue weighted by molar-refractivity contribution is 5.79. The molecule has 2 heterocycles. The molecule has 2 N–H and O–H groups in total. The van der Waals surface area contributed by atoms with Crippen molar-refractivity contribution >= 4 is 5.96 Å². The third kappa shape index (κ3) is 5.26. The van der Waals surface area contributed by atoms with Crippen LogP contribution in [0.1, 0.15) is 50.6 Å². The first kappa shape index (κ1) is 19.7. The van der Waals surface area contributed by atoms with E-state index in [0.717, 1.165) is 37.6 Å². The van der Waals surface area contributed by atoms with Gasteiger partial charge in [-0.1, -0.05) is 30.3 Å². The van der Waals surface area contributed by atoms with Crippen LogP contribution in [0.25, 0.3) is 0 Å².